The number of nitrogens with zero attached hydrogens (tertiary/aromatic N) is 1. The van der Waals surface area contributed by atoms with Gasteiger partial charge in [-0.3, -0.25) is 18.6 Å². The van der Waals surface area contributed by atoms with Gasteiger partial charge in [0.1, 0.15) is 19.8 Å². The Labute approximate surface area is 360 Å². The van der Waals surface area contributed by atoms with E-state index in [2.05, 4.69) is 62.5 Å². The fourth-order valence-electron chi connectivity index (χ4n) is 6.45. The Morgan fingerprint density at radius 3 is 1.80 bits per heavy atom. The van der Waals surface area contributed by atoms with Crippen molar-refractivity contribution in [2.24, 2.45) is 0 Å². The molecular weight excluding hydrogens is 766 g/mol. The lowest BCUT2D eigenvalue weighted by molar-refractivity contribution is -0.870. The first-order chi connectivity index (χ1) is 28.5. The number of hydrogen-bond acceptors (Lipinski definition) is 8. The van der Waals surface area contributed by atoms with Gasteiger partial charge in [-0.1, -0.05) is 146 Å². The summed E-state index contributed by atoms with van der Waals surface area (Å²) in [6.07, 6.45) is 44.8. The number of carbonyl (C=O) groups is 2. The molecule has 11 heteroatoms. The second kappa shape index (κ2) is 36.6. The van der Waals surface area contributed by atoms with E-state index in [0.717, 1.165) is 51.4 Å². The number of allylic oxidation sites excluding steroid dienone is 7. The summed E-state index contributed by atoms with van der Waals surface area (Å²) in [5.41, 5.74) is 0. The van der Waals surface area contributed by atoms with Gasteiger partial charge in [-0.15, -0.1) is 0 Å². The Morgan fingerprint density at radius 2 is 1.15 bits per heavy atom. The van der Waals surface area contributed by atoms with Crippen molar-refractivity contribution in [2.75, 3.05) is 47.5 Å². The lowest BCUT2D eigenvalue weighted by Gasteiger charge is -2.24. The molecule has 10 nitrogen and oxygen atoms in total. The molecule has 0 aliphatic carbocycles. The molecule has 0 aromatic carbocycles. The topological polar surface area (TPSA) is 121 Å². The third-order valence-electron chi connectivity index (χ3n) is 10.3. The molecule has 1 rings (SSSR count). The van der Waals surface area contributed by atoms with Crippen LogP contribution >= 0.6 is 7.82 Å². The van der Waals surface area contributed by atoms with E-state index in [-0.39, 0.29) is 26.1 Å². The number of phosphoric acid groups is 1. The van der Waals surface area contributed by atoms with Crippen molar-refractivity contribution in [1.29, 1.82) is 0 Å². The molecule has 0 bridgehead atoms. The number of quaternary nitrogens is 1. The van der Waals surface area contributed by atoms with E-state index in [1.165, 1.54) is 89.9 Å². The maximum Gasteiger partial charge on any atom is 0.472 e. The van der Waals surface area contributed by atoms with Gasteiger partial charge in [-0.25, -0.2) is 4.57 Å². The molecule has 0 aromatic heterocycles. The first-order valence-electron chi connectivity index (χ1n) is 23.5. The summed E-state index contributed by atoms with van der Waals surface area (Å²) in [4.78, 5) is 35.4. The van der Waals surface area contributed by atoms with Crippen molar-refractivity contribution in [1.82, 2.24) is 0 Å². The van der Waals surface area contributed by atoms with E-state index in [9.17, 15) is 19.0 Å². The van der Waals surface area contributed by atoms with Crippen LogP contribution in [0.15, 0.2) is 48.6 Å². The molecule has 1 aliphatic heterocycles. The molecule has 1 fully saturated rings. The smallest absolute Gasteiger partial charge is 0.462 e. The zero-order chi connectivity index (χ0) is 43.3. The van der Waals surface area contributed by atoms with Gasteiger partial charge < -0.3 is 23.6 Å². The highest BCUT2D eigenvalue weighted by Gasteiger charge is 2.36. The fourth-order valence-corrected chi connectivity index (χ4v) is 7.19. The number of rotatable bonds is 41. The SMILES string of the molecule is CCCCCCCC/C=C\CCCCCCCCCC(=O)O[C@H](COC(=O)CCC/C=C\C/C=C\C/C=C\CC1OC1CCCCC)COP(=O)(O)OCC[N+](C)(C)C. The van der Waals surface area contributed by atoms with Crippen LogP contribution in [0.2, 0.25) is 0 Å². The summed E-state index contributed by atoms with van der Waals surface area (Å²) >= 11 is 0. The first-order valence-corrected chi connectivity index (χ1v) is 25.0. The quantitative estimate of drug-likeness (QED) is 0.0160. The highest BCUT2D eigenvalue weighted by atomic mass is 31.2. The second-order valence-electron chi connectivity index (χ2n) is 17.2. The van der Waals surface area contributed by atoms with Crippen LogP contribution in [0.3, 0.4) is 0 Å². The van der Waals surface area contributed by atoms with E-state index in [1.807, 2.05) is 21.1 Å². The molecule has 1 heterocycles. The van der Waals surface area contributed by atoms with Gasteiger partial charge in [-0.05, 0) is 70.6 Å². The summed E-state index contributed by atoms with van der Waals surface area (Å²) in [6, 6.07) is 0. The highest BCUT2D eigenvalue weighted by Crippen LogP contribution is 2.43. The minimum atomic E-state index is -4.39. The van der Waals surface area contributed by atoms with E-state index in [4.69, 9.17) is 23.3 Å². The molecule has 3 unspecified atom stereocenters. The lowest BCUT2D eigenvalue weighted by Crippen LogP contribution is -2.37. The van der Waals surface area contributed by atoms with Crippen LogP contribution in [0.1, 0.15) is 181 Å². The summed E-state index contributed by atoms with van der Waals surface area (Å²) < 4.78 is 40.0. The van der Waals surface area contributed by atoms with Crippen molar-refractivity contribution in [2.45, 2.75) is 199 Å². The van der Waals surface area contributed by atoms with Crippen LogP contribution in [0.25, 0.3) is 0 Å². The number of hydrogen-bond donors (Lipinski definition) is 1. The molecular formula is C48H87NO9P+. The van der Waals surface area contributed by atoms with Crippen LogP contribution < -0.4 is 0 Å². The molecule has 0 spiro atoms. The number of likely N-dealkylation sites (N-methyl/N-ethyl adjacent to an activating group) is 1. The Balaban J connectivity index is 2.29. The van der Waals surface area contributed by atoms with Gasteiger partial charge in [0.25, 0.3) is 0 Å². The van der Waals surface area contributed by atoms with Crippen LogP contribution in [0, 0.1) is 0 Å². The average Bonchev–Trinajstić information content (AvgIpc) is 3.94. The van der Waals surface area contributed by atoms with Crippen molar-refractivity contribution < 1.29 is 46.8 Å². The zero-order valence-corrected chi connectivity index (χ0v) is 39.1. The molecule has 4 atom stereocenters. The van der Waals surface area contributed by atoms with E-state index >= 15 is 0 Å². The standard InChI is InChI=1S/C48H86NO9P/c1-6-8-10-11-12-13-14-15-16-17-18-19-20-25-28-31-35-39-48(51)57-44(43-56-59(52,53)55-41-40-49(3,4)5)42-54-47(50)38-34-30-27-24-22-21-23-26-29-33-37-46-45(58-46)36-32-9-7-2/h15-16,21,23-24,27,29,33,44-46H,6-14,17-20,22,25-26,28,30-32,34-43H2,1-5H3/p+1/b16-15-,23-21-,27-24-,33-29-/t44-,45?,46?/m1/s1. The minimum Gasteiger partial charge on any atom is -0.462 e. The van der Waals surface area contributed by atoms with Crippen molar-refractivity contribution >= 4 is 19.8 Å². The summed E-state index contributed by atoms with van der Waals surface area (Å²) in [6.45, 7) is 4.31. The highest BCUT2D eigenvalue weighted by molar-refractivity contribution is 7.47. The van der Waals surface area contributed by atoms with Crippen LogP contribution in [-0.4, -0.2) is 87.1 Å². The number of esters is 2. The Hall–Kier alpha value is -2.07. The molecule has 0 aromatic rings. The molecule has 0 amide bonds. The van der Waals surface area contributed by atoms with Crippen molar-refractivity contribution in [3.8, 4) is 0 Å². The van der Waals surface area contributed by atoms with Gasteiger partial charge in [-0.2, -0.15) is 0 Å². The van der Waals surface area contributed by atoms with Crippen LogP contribution in [0.4, 0.5) is 0 Å². The van der Waals surface area contributed by atoms with Crippen molar-refractivity contribution in [3.63, 3.8) is 0 Å². The minimum absolute atomic E-state index is 0.0192. The Bertz CT molecular complexity index is 1210. The molecule has 59 heavy (non-hydrogen) atoms. The summed E-state index contributed by atoms with van der Waals surface area (Å²) in [5, 5.41) is 0. The number of ether oxygens (including phenoxy) is 3. The van der Waals surface area contributed by atoms with Gasteiger partial charge in [0.2, 0.25) is 0 Å². The summed E-state index contributed by atoms with van der Waals surface area (Å²) in [5.74, 6) is -0.874. The van der Waals surface area contributed by atoms with E-state index < -0.39 is 32.5 Å². The molecule has 0 saturated carbocycles. The number of phosphoric ester groups is 1. The van der Waals surface area contributed by atoms with Gasteiger partial charge in [0.05, 0.1) is 40.0 Å². The Morgan fingerprint density at radius 1 is 0.627 bits per heavy atom. The average molecular weight is 853 g/mol. The van der Waals surface area contributed by atoms with Crippen LogP contribution in [0.5, 0.6) is 0 Å². The normalized spacial score (nSPS) is 17.4. The maximum absolute atomic E-state index is 12.7. The van der Waals surface area contributed by atoms with Crippen LogP contribution in [-0.2, 0) is 37.4 Å². The number of unbranched alkanes of at least 4 members (excludes halogenated alkanes) is 16. The van der Waals surface area contributed by atoms with Crippen molar-refractivity contribution in [3.05, 3.63) is 48.6 Å². The molecule has 0 radical (unpaired) electrons. The monoisotopic (exact) mass is 853 g/mol. The molecule has 1 N–H and O–H groups in total. The maximum atomic E-state index is 12.7. The lowest BCUT2D eigenvalue weighted by atomic mass is 10.1. The predicted octanol–water partition coefficient (Wildman–Crippen LogP) is 12.5. The zero-order valence-electron chi connectivity index (χ0n) is 38.2. The molecule has 342 valence electrons. The summed E-state index contributed by atoms with van der Waals surface area (Å²) in [7, 11) is 1.44. The van der Waals surface area contributed by atoms with E-state index in [1.54, 1.807) is 0 Å². The largest absolute Gasteiger partial charge is 0.472 e. The number of carbonyl (C=O) groups excluding carboxylic acids is 2. The van der Waals surface area contributed by atoms with Gasteiger partial charge in [0.15, 0.2) is 6.10 Å². The molecule has 1 saturated heterocycles. The first kappa shape index (κ1) is 54.9. The Kier molecular flexibility index (Phi) is 34.1. The molecule has 1 aliphatic rings. The second-order valence-corrected chi connectivity index (χ2v) is 18.6. The van der Waals surface area contributed by atoms with Gasteiger partial charge >= 0.3 is 19.8 Å². The fraction of sp³-hybridized carbons (Fsp3) is 0.792. The third kappa shape index (κ3) is 37.4. The van der Waals surface area contributed by atoms with Gasteiger partial charge in [0, 0.05) is 12.8 Å². The van der Waals surface area contributed by atoms with E-state index in [0.29, 0.717) is 36.1 Å². The third-order valence-corrected chi connectivity index (χ3v) is 11.2. The number of epoxide rings is 1. The predicted molar refractivity (Wildman–Crippen MR) is 242 cm³/mol.